The molecule has 0 bridgehead atoms. The van der Waals surface area contributed by atoms with Crippen molar-refractivity contribution in [3.05, 3.63) is 107 Å². The summed E-state index contributed by atoms with van der Waals surface area (Å²) in [7, 11) is 1.47. The van der Waals surface area contributed by atoms with Crippen molar-refractivity contribution in [1.29, 1.82) is 0 Å². The highest BCUT2D eigenvalue weighted by Gasteiger charge is 2.44. The van der Waals surface area contributed by atoms with Crippen molar-refractivity contribution < 1.29 is 27.4 Å². The number of amides is 1. The third-order valence-electron chi connectivity index (χ3n) is 9.48. The van der Waals surface area contributed by atoms with E-state index in [1.165, 1.54) is 25.7 Å². The van der Waals surface area contributed by atoms with Crippen LogP contribution in [-0.4, -0.2) is 105 Å². The van der Waals surface area contributed by atoms with Crippen LogP contribution >= 0.6 is 24.8 Å². The van der Waals surface area contributed by atoms with Crippen LogP contribution in [0.1, 0.15) is 57.7 Å². The number of methoxy groups -OCH3 is 1. The zero-order valence-corrected chi connectivity index (χ0v) is 29.6. The molecule has 2 saturated heterocycles. The van der Waals surface area contributed by atoms with E-state index >= 15 is 0 Å². The fraction of sp³-hybridized carbons (Fsp3) is 0.417. The number of hydrogen-bond acceptors (Lipinski definition) is 9. The Morgan fingerprint density at radius 2 is 1.57 bits per heavy atom. The highest BCUT2D eigenvalue weighted by Crippen LogP contribution is 2.42. The number of aromatic nitrogens is 4. The summed E-state index contributed by atoms with van der Waals surface area (Å²) in [6.45, 7) is 1.50. The van der Waals surface area contributed by atoms with Crippen LogP contribution in [0, 0.1) is 0 Å². The van der Waals surface area contributed by atoms with Crippen molar-refractivity contribution in [3.63, 3.8) is 0 Å². The van der Waals surface area contributed by atoms with Crippen molar-refractivity contribution in [3.8, 4) is 11.8 Å². The first-order chi connectivity index (χ1) is 23.8. The molecule has 2 aromatic carbocycles. The summed E-state index contributed by atoms with van der Waals surface area (Å²) in [4.78, 5) is 37.5. The largest absolute Gasteiger partial charge is 0.481 e. The van der Waals surface area contributed by atoms with Gasteiger partial charge < -0.3 is 14.4 Å². The predicted octanol–water partition coefficient (Wildman–Crippen LogP) is 5.78. The zero-order valence-electron chi connectivity index (χ0n) is 28.0. The lowest BCUT2D eigenvalue weighted by Gasteiger charge is -2.53. The number of ether oxygens (including phenoxy) is 2. The second-order valence-corrected chi connectivity index (χ2v) is 12.8. The smallest absolute Gasteiger partial charge is 0.422 e. The van der Waals surface area contributed by atoms with E-state index in [2.05, 4.69) is 54.0 Å². The number of piperazine rings is 2. The van der Waals surface area contributed by atoms with Gasteiger partial charge >= 0.3 is 6.18 Å². The monoisotopic (exact) mass is 745 g/mol. The summed E-state index contributed by atoms with van der Waals surface area (Å²) in [6, 6.07) is 20.6. The highest BCUT2D eigenvalue weighted by atomic mass is 35.5. The molecule has 0 radical (unpaired) electrons. The molecule has 10 nitrogen and oxygen atoms in total. The Balaban J connectivity index is 0.00000252. The molecule has 0 N–H and O–H groups in total. The quantitative estimate of drug-likeness (QED) is 0.200. The second kappa shape index (κ2) is 16.5. The van der Waals surface area contributed by atoms with Gasteiger partial charge in [0.05, 0.1) is 18.9 Å². The molecule has 0 unspecified atom stereocenters. The van der Waals surface area contributed by atoms with Gasteiger partial charge in [-0.25, -0.2) is 4.98 Å². The van der Waals surface area contributed by atoms with Crippen LogP contribution in [0.3, 0.4) is 0 Å². The standard InChI is InChI=1S/C36H38F3N7O3.2ClH/c1-48-33-28(34(49-23-36(37,38)39)43-32(42-33)26-12-13-26)21-44-19-27-20-45(35(47)29-18-40-14-15-41-29)16-17-46(27)30(22-44)31(24-8-4-2-5-9-24)25-10-6-3-7-11-25;;/h2-11,14-15,18,26-27,30-31H,12-13,16-17,19-23H2,1H3;2*1H/t27-,30+;;/m1../s1. The molecule has 15 heteroatoms. The molecule has 3 fully saturated rings. The minimum absolute atomic E-state index is 0. The number of carbonyl (C=O) groups is 1. The second-order valence-electron chi connectivity index (χ2n) is 12.8. The highest BCUT2D eigenvalue weighted by molar-refractivity contribution is 5.92. The number of alkyl halides is 3. The molecule has 4 heterocycles. The minimum Gasteiger partial charge on any atom is -0.481 e. The lowest BCUT2D eigenvalue weighted by molar-refractivity contribution is -0.154. The minimum atomic E-state index is -4.54. The van der Waals surface area contributed by atoms with E-state index in [1.54, 1.807) is 0 Å². The Hall–Kier alpha value is -4.04. The summed E-state index contributed by atoms with van der Waals surface area (Å²) in [5.74, 6) is 0.444. The molecular weight excluding hydrogens is 706 g/mol. The lowest BCUT2D eigenvalue weighted by Crippen LogP contribution is -2.67. The van der Waals surface area contributed by atoms with Crippen molar-refractivity contribution in [2.45, 2.75) is 49.5 Å². The molecular formula is C36H40Cl2F3N7O3. The van der Waals surface area contributed by atoms with Crippen LogP contribution in [0.4, 0.5) is 13.2 Å². The lowest BCUT2D eigenvalue weighted by atomic mass is 9.81. The third kappa shape index (κ3) is 8.89. The van der Waals surface area contributed by atoms with Crippen molar-refractivity contribution >= 4 is 30.7 Å². The predicted molar refractivity (Wildman–Crippen MR) is 189 cm³/mol. The van der Waals surface area contributed by atoms with E-state index in [9.17, 15) is 18.0 Å². The van der Waals surface area contributed by atoms with E-state index in [0.29, 0.717) is 44.1 Å². The van der Waals surface area contributed by atoms with Gasteiger partial charge in [0.25, 0.3) is 5.91 Å². The maximum Gasteiger partial charge on any atom is 0.422 e. The third-order valence-corrected chi connectivity index (χ3v) is 9.48. The Morgan fingerprint density at radius 3 is 2.16 bits per heavy atom. The van der Waals surface area contributed by atoms with Crippen molar-refractivity contribution in [1.82, 2.24) is 34.6 Å². The molecule has 1 amide bonds. The van der Waals surface area contributed by atoms with Gasteiger partial charge in [0.1, 0.15) is 11.5 Å². The summed E-state index contributed by atoms with van der Waals surface area (Å²) in [6.07, 6.45) is 1.73. The van der Waals surface area contributed by atoms with Crippen LogP contribution in [0.25, 0.3) is 0 Å². The Kier molecular flexibility index (Phi) is 12.4. The number of nitrogens with zero attached hydrogens (tertiary/aromatic N) is 7. The van der Waals surface area contributed by atoms with Gasteiger partial charge in [-0.15, -0.1) is 24.8 Å². The first-order valence-corrected chi connectivity index (χ1v) is 16.5. The molecule has 2 atom stereocenters. The molecule has 51 heavy (non-hydrogen) atoms. The van der Waals surface area contributed by atoms with E-state index in [0.717, 1.165) is 24.0 Å². The van der Waals surface area contributed by atoms with Crippen molar-refractivity contribution in [2.75, 3.05) is 46.4 Å². The Labute approximate surface area is 307 Å². The molecule has 1 saturated carbocycles. The molecule has 7 rings (SSSR count). The van der Waals surface area contributed by atoms with Crippen LogP contribution in [-0.2, 0) is 6.54 Å². The SMILES string of the molecule is COc1nc(C2CC2)nc(OCC(F)(F)F)c1CN1C[C@@H]2CN(C(=O)c3cnccn3)CCN2[C@H](C(c2ccccc2)c2ccccc2)C1.Cl.Cl. The first-order valence-electron chi connectivity index (χ1n) is 16.5. The van der Waals surface area contributed by atoms with E-state index in [1.807, 2.05) is 41.3 Å². The molecule has 272 valence electrons. The maximum absolute atomic E-state index is 13.5. The van der Waals surface area contributed by atoms with Gasteiger partial charge in [-0.3, -0.25) is 19.6 Å². The number of halogens is 5. The van der Waals surface area contributed by atoms with Gasteiger partial charge in [-0.1, -0.05) is 60.7 Å². The molecule has 4 aromatic rings. The number of benzene rings is 2. The fourth-order valence-corrected chi connectivity index (χ4v) is 7.13. The van der Waals surface area contributed by atoms with Gasteiger partial charge in [0.2, 0.25) is 11.8 Å². The zero-order chi connectivity index (χ0) is 34.0. The normalized spacial score (nSPS) is 19.4. The maximum atomic E-state index is 13.5. The topological polar surface area (TPSA) is 96.8 Å². The van der Waals surface area contributed by atoms with Crippen LogP contribution in [0.2, 0.25) is 0 Å². The van der Waals surface area contributed by atoms with Crippen LogP contribution in [0.15, 0.2) is 79.3 Å². The molecule has 1 aliphatic carbocycles. The summed E-state index contributed by atoms with van der Waals surface area (Å²) in [5, 5.41) is 0. The molecule has 0 spiro atoms. The molecule has 2 aromatic heterocycles. The van der Waals surface area contributed by atoms with Gasteiger partial charge in [0, 0.05) is 75.6 Å². The van der Waals surface area contributed by atoms with Crippen LogP contribution in [0.5, 0.6) is 11.8 Å². The first kappa shape index (κ1) is 38.2. The summed E-state index contributed by atoms with van der Waals surface area (Å²) >= 11 is 0. The Morgan fingerprint density at radius 1 is 0.902 bits per heavy atom. The van der Waals surface area contributed by atoms with E-state index in [4.69, 9.17) is 9.47 Å². The van der Waals surface area contributed by atoms with Gasteiger partial charge in [-0.05, 0) is 24.0 Å². The average molecular weight is 747 g/mol. The molecule has 2 aliphatic heterocycles. The Bertz CT molecular complexity index is 1700. The summed E-state index contributed by atoms with van der Waals surface area (Å²) < 4.78 is 51.2. The van der Waals surface area contributed by atoms with E-state index < -0.39 is 12.8 Å². The fourth-order valence-electron chi connectivity index (χ4n) is 7.13. The number of hydrogen-bond donors (Lipinski definition) is 0. The van der Waals surface area contributed by atoms with Crippen LogP contribution < -0.4 is 9.47 Å². The average Bonchev–Trinajstić information content (AvgIpc) is 3.98. The van der Waals surface area contributed by atoms with Crippen molar-refractivity contribution in [2.24, 2.45) is 0 Å². The number of fused-ring (bicyclic) bond motifs is 1. The molecule has 3 aliphatic rings. The number of rotatable bonds is 10. The van der Waals surface area contributed by atoms with E-state index in [-0.39, 0.29) is 78.6 Å². The summed E-state index contributed by atoms with van der Waals surface area (Å²) in [5.41, 5.74) is 2.97. The number of carbonyl (C=O) groups excluding carboxylic acids is 1. The van der Waals surface area contributed by atoms with Gasteiger partial charge in [-0.2, -0.15) is 23.1 Å². The van der Waals surface area contributed by atoms with Gasteiger partial charge in [0.15, 0.2) is 6.61 Å².